The molecule has 0 saturated carbocycles. The number of carbonyl (C=O) groups is 3. The highest BCUT2D eigenvalue weighted by atomic mass is 16.2. The number of benzene rings is 2. The third-order valence-corrected chi connectivity index (χ3v) is 5.73. The zero-order valence-corrected chi connectivity index (χ0v) is 19.6. The Morgan fingerprint density at radius 1 is 0.882 bits per heavy atom. The predicted octanol–water partition coefficient (Wildman–Crippen LogP) is 1.78. The van der Waals surface area contributed by atoms with Gasteiger partial charge in [0.25, 0.3) is 0 Å². The van der Waals surface area contributed by atoms with Crippen LogP contribution in [0.15, 0.2) is 60.8 Å². The second kappa shape index (κ2) is 11.5. The minimum absolute atomic E-state index is 0.127. The van der Waals surface area contributed by atoms with Crippen LogP contribution in [0.25, 0.3) is 10.9 Å². The van der Waals surface area contributed by atoms with E-state index in [1.165, 1.54) is 0 Å². The average molecular weight is 464 g/mol. The number of hydrogen-bond donors (Lipinski definition) is 5. The summed E-state index contributed by atoms with van der Waals surface area (Å²) in [7, 11) is 0. The van der Waals surface area contributed by atoms with Crippen molar-refractivity contribution in [3.8, 4) is 0 Å². The molecule has 0 aliphatic carbocycles. The van der Waals surface area contributed by atoms with Crippen molar-refractivity contribution >= 4 is 28.6 Å². The molecule has 180 valence electrons. The number of aromatic amines is 1. The summed E-state index contributed by atoms with van der Waals surface area (Å²) in [5.41, 5.74) is 14.5. The number of nitrogens with one attached hydrogen (secondary N) is 3. The number of rotatable bonds is 11. The van der Waals surface area contributed by atoms with E-state index in [2.05, 4.69) is 15.6 Å². The molecule has 3 rings (SSSR count). The van der Waals surface area contributed by atoms with Gasteiger partial charge in [0.2, 0.25) is 17.7 Å². The van der Waals surface area contributed by atoms with E-state index in [0.717, 1.165) is 22.0 Å². The smallest absolute Gasteiger partial charge is 0.243 e. The third kappa shape index (κ3) is 6.68. The Bertz CT molecular complexity index is 1130. The van der Waals surface area contributed by atoms with Gasteiger partial charge in [0.15, 0.2) is 0 Å². The van der Waals surface area contributed by atoms with Crippen molar-refractivity contribution in [1.29, 1.82) is 0 Å². The van der Waals surface area contributed by atoms with Crippen LogP contribution in [0.3, 0.4) is 0 Å². The van der Waals surface area contributed by atoms with Gasteiger partial charge in [0.05, 0.1) is 6.04 Å². The molecular formula is C26H33N5O3. The van der Waals surface area contributed by atoms with Crippen LogP contribution in [0.2, 0.25) is 0 Å². The van der Waals surface area contributed by atoms with Gasteiger partial charge in [-0.1, -0.05) is 62.4 Å². The summed E-state index contributed by atoms with van der Waals surface area (Å²) < 4.78 is 0. The van der Waals surface area contributed by atoms with E-state index < -0.39 is 35.8 Å². The number of aromatic nitrogens is 1. The summed E-state index contributed by atoms with van der Waals surface area (Å²) >= 11 is 0. The number of fused-ring (bicyclic) bond motifs is 1. The Hall–Kier alpha value is -3.65. The van der Waals surface area contributed by atoms with Gasteiger partial charge in [-0.2, -0.15) is 0 Å². The van der Waals surface area contributed by atoms with Gasteiger partial charge in [-0.15, -0.1) is 0 Å². The first kappa shape index (κ1) is 25.0. The summed E-state index contributed by atoms with van der Waals surface area (Å²) in [6, 6.07) is 14.5. The van der Waals surface area contributed by atoms with Crippen LogP contribution in [-0.4, -0.2) is 40.8 Å². The molecule has 0 fully saturated rings. The first-order valence-electron chi connectivity index (χ1n) is 11.5. The molecular weight excluding hydrogens is 430 g/mol. The lowest BCUT2D eigenvalue weighted by Crippen LogP contribution is -2.56. The number of primary amides is 1. The van der Waals surface area contributed by atoms with E-state index in [4.69, 9.17) is 11.5 Å². The highest BCUT2D eigenvalue weighted by Gasteiger charge is 2.28. The number of amides is 3. The highest BCUT2D eigenvalue weighted by molar-refractivity contribution is 5.93. The molecule has 8 nitrogen and oxygen atoms in total. The molecule has 0 unspecified atom stereocenters. The van der Waals surface area contributed by atoms with Crippen molar-refractivity contribution < 1.29 is 14.4 Å². The molecule has 0 radical (unpaired) electrons. The molecule has 0 aliphatic rings. The van der Waals surface area contributed by atoms with Crippen molar-refractivity contribution in [2.45, 2.75) is 51.2 Å². The first-order valence-corrected chi connectivity index (χ1v) is 11.5. The molecule has 8 heteroatoms. The van der Waals surface area contributed by atoms with Gasteiger partial charge in [-0.25, -0.2) is 0 Å². The molecule has 3 aromatic rings. The fraction of sp³-hybridized carbons (Fsp3) is 0.346. The Balaban J connectivity index is 1.66. The maximum atomic E-state index is 13.1. The van der Waals surface area contributed by atoms with Crippen LogP contribution in [0.4, 0.5) is 0 Å². The van der Waals surface area contributed by atoms with E-state index in [1.807, 2.05) is 74.6 Å². The van der Waals surface area contributed by atoms with Gasteiger partial charge in [-0.3, -0.25) is 14.4 Å². The SMILES string of the molecule is CC(C)C[C@H](NC(=O)[C@@H](N)Cc1c[nH]c2ccccc12)C(=O)N[C@@H](Cc1ccccc1)C(N)=O. The van der Waals surface area contributed by atoms with E-state index >= 15 is 0 Å². The Labute approximate surface area is 199 Å². The lowest BCUT2D eigenvalue weighted by atomic mass is 10.00. The molecule has 0 spiro atoms. The van der Waals surface area contributed by atoms with Crippen molar-refractivity contribution in [2.24, 2.45) is 17.4 Å². The second-order valence-electron chi connectivity index (χ2n) is 9.01. The lowest BCUT2D eigenvalue weighted by molar-refractivity contribution is -0.132. The normalized spacial score (nSPS) is 13.9. The largest absolute Gasteiger partial charge is 0.368 e. The van der Waals surface area contributed by atoms with E-state index in [1.54, 1.807) is 0 Å². The molecule has 0 bridgehead atoms. The molecule has 7 N–H and O–H groups in total. The topological polar surface area (TPSA) is 143 Å². The quantitative estimate of drug-likeness (QED) is 0.295. The standard InChI is InChI=1S/C26H33N5O3/c1-16(2)12-23(26(34)30-22(24(28)32)13-17-8-4-3-5-9-17)31-25(33)20(27)14-18-15-29-21-11-7-6-10-19(18)21/h3-11,15-16,20,22-23,29H,12-14,27H2,1-2H3,(H2,28,32)(H,30,34)(H,31,33)/t20-,22-,23-/m0/s1. The van der Waals surface area contributed by atoms with Crippen LogP contribution < -0.4 is 22.1 Å². The van der Waals surface area contributed by atoms with Crippen LogP contribution in [0.1, 0.15) is 31.4 Å². The van der Waals surface area contributed by atoms with Gasteiger partial charge in [0.1, 0.15) is 12.1 Å². The number of hydrogen-bond acceptors (Lipinski definition) is 4. The molecule has 3 amide bonds. The molecule has 2 aromatic carbocycles. The van der Waals surface area contributed by atoms with Gasteiger partial charge in [0, 0.05) is 23.5 Å². The lowest BCUT2D eigenvalue weighted by Gasteiger charge is -2.24. The van der Waals surface area contributed by atoms with E-state index in [-0.39, 0.29) is 12.3 Å². The molecule has 3 atom stereocenters. The van der Waals surface area contributed by atoms with Crippen LogP contribution in [0, 0.1) is 5.92 Å². The minimum Gasteiger partial charge on any atom is -0.368 e. The van der Waals surface area contributed by atoms with E-state index in [9.17, 15) is 14.4 Å². The third-order valence-electron chi connectivity index (χ3n) is 5.73. The molecule has 0 saturated heterocycles. The number of H-pyrrole nitrogens is 1. The maximum absolute atomic E-state index is 13.1. The Kier molecular flexibility index (Phi) is 8.43. The van der Waals surface area contributed by atoms with Crippen LogP contribution in [-0.2, 0) is 27.2 Å². The van der Waals surface area contributed by atoms with Crippen LogP contribution >= 0.6 is 0 Å². The number of para-hydroxylation sites is 1. The Morgan fingerprint density at radius 3 is 2.21 bits per heavy atom. The maximum Gasteiger partial charge on any atom is 0.243 e. The van der Waals surface area contributed by atoms with Gasteiger partial charge in [-0.05, 0) is 36.0 Å². The second-order valence-corrected chi connectivity index (χ2v) is 9.01. The summed E-state index contributed by atoms with van der Waals surface area (Å²) in [6.45, 7) is 3.90. The van der Waals surface area contributed by atoms with Crippen molar-refractivity contribution in [2.75, 3.05) is 0 Å². The predicted molar refractivity (Wildman–Crippen MR) is 133 cm³/mol. The molecule has 0 aliphatic heterocycles. The average Bonchev–Trinajstić information content (AvgIpc) is 3.21. The molecule has 1 aromatic heterocycles. The Morgan fingerprint density at radius 2 is 1.53 bits per heavy atom. The van der Waals surface area contributed by atoms with Gasteiger partial charge >= 0.3 is 0 Å². The summed E-state index contributed by atoms with van der Waals surface area (Å²) in [6.07, 6.45) is 2.83. The highest BCUT2D eigenvalue weighted by Crippen LogP contribution is 2.19. The van der Waals surface area contributed by atoms with E-state index in [0.29, 0.717) is 12.8 Å². The summed E-state index contributed by atoms with van der Waals surface area (Å²) in [5.74, 6) is -1.39. The first-order chi connectivity index (χ1) is 16.2. The minimum atomic E-state index is -0.888. The summed E-state index contributed by atoms with van der Waals surface area (Å²) in [4.78, 5) is 41.1. The van der Waals surface area contributed by atoms with Crippen molar-refractivity contribution in [3.05, 3.63) is 71.9 Å². The number of nitrogens with two attached hydrogens (primary N) is 2. The molecule has 1 heterocycles. The zero-order valence-electron chi connectivity index (χ0n) is 19.6. The zero-order chi connectivity index (χ0) is 24.7. The van der Waals surface area contributed by atoms with Crippen molar-refractivity contribution in [3.63, 3.8) is 0 Å². The fourth-order valence-corrected chi connectivity index (χ4v) is 3.96. The van der Waals surface area contributed by atoms with Crippen molar-refractivity contribution in [1.82, 2.24) is 15.6 Å². The number of carbonyl (C=O) groups excluding carboxylic acids is 3. The van der Waals surface area contributed by atoms with Crippen LogP contribution in [0.5, 0.6) is 0 Å². The summed E-state index contributed by atoms with van der Waals surface area (Å²) in [5, 5.41) is 6.50. The van der Waals surface area contributed by atoms with Gasteiger partial charge < -0.3 is 27.1 Å². The molecule has 34 heavy (non-hydrogen) atoms. The fourth-order valence-electron chi connectivity index (χ4n) is 3.96. The monoisotopic (exact) mass is 463 g/mol.